The molecule has 0 heterocycles. The molecule has 4 saturated carbocycles. The van der Waals surface area contributed by atoms with Gasteiger partial charge in [0.2, 0.25) is 15.9 Å². The molecule has 212 valence electrons. The van der Waals surface area contributed by atoms with E-state index in [0.717, 1.165) is 57.8 Å². The lowest BCUT2D eigenvalue weighted by Crippen LogP contribution is -2.55. The highest BCUT2D eigenvalue weighted by Gasteiger charge is 2.67. The van der Waals surface area contributed by atoms with Crippen molar-refractivity contribution in [1.82, 2.24) is 9.62 Å². The highest BCUT2D eigenvalue weighted by Crippen LogP contribution is 2.67. The topological polar surface area (TPSA) is 113 Å². The molecule has 2 bridgehead atoms. The van der Waals surface area contributed by atoms with Gasteiger partial charge in [-0.3, -0.25) is 4.79 Å². The van der Waals surface area contributed by atoms with E-state index in [9.17, 15) is 23.1 Å². The minimum absolute atomic E-state index is 0.0116. The number of ether oxygens (including phenoxy) is 1. The number of aliphatic hydroxyl groups is 1. The first kappa shape index (κ1) is 28.8. The third-order valence-corrected chi connectivity index (χ3v) is 12.5. The Balaban J connectivity index is 1.60. The number of rotatable bonds is 9. The van der Waals surface area contributed by atoms with Crippen LogP contribution >= 0.6 is 0 Å². The number of carbonyl (C=O) groups excluding carboxylic acids is 2. The van der Waals surface area contributed by atoms with Crippen LogP contribution in [0.2, 0.25) is 0 Å². The standard InChI is InChI=1S/C28H48N2O6S/c1-20(31)29-18-27(4,33)25(32)36-24-17-21-15-16-28(24,26(21,2)3)19-37(34,35)30(22-11-7-5-8-12-22)23-13-9-6-10-14-23/h21-24,33H,5-19H2,1-4H3,(H,29,31)/t21-,24-,27-,28-/m1/s1. The molecule has 8 nitrogen and oxygen atoms in total. The Labute approximate surface area is 223 Å². The number of esters is 1. The third-order valence-electron chi connectivity index (χ3n) is 10.4. The highest BCUT2D eigenvalue weighted by atomic mass is 32.2. The van der Waals surface area contributed by atoms with E-state index in [0.29, 0.717) is 12.8 Å². The lowest BCUT2D eigenvalue weighted by Gasteiger charge is -2.46. The third kappa shape index (κ3) is 5.60. The number of hydrogen-bond acceptors (Lipinski definition) is 6. The number of sulfonamides is 1. The molecular formula is C28H48N2O6S. The molecule has 0 aromatic rings. The summed E-state index contributed by atoms with van der Waals surface area (Å²) in [4.78, 5) is 24.4. The van der Waals surface area contributed by atoms with E-state index in [1.54, 1.807) is 0 Å². The summed E-state index contributed by atoms with van der Waals surface area (Å²) in [6, 6.07) is 0.138. The molecule has 0 aliphatic heterocycles. The van der Waals surface area contributed by atoms with Crippen molar-refractivity contribution >= 4 is 21.9 Å². The minimum Gasteiger partial charge on any atom is -0.460 e. The Morgan fingerprint density at radius 3 is 2.03 bits per heavy atom. The normalized spacial score (nSPS) is 32.3. The molecule has 4 atom stereocenters. The molecule has 4 aliphatic carbocycles. The molecule has 4 fully saturated rings. The second-order valence-electron chi connectivity index (χ2n) is 13.1. The quantitative estimate of drug-likeness (QED) is 0.429. The van der Waals surface area contributed by atoms with E-state index in [2.05, 4.69) is 19.2 Å². The number of carbonyl (C=O) groups is 2. The molecule has 0 aromatic carbocycles. The zero-order valence-electron chi connectivity index (χ0n) is 23.3. The van der Waals surface area contributed by atoms with Crippen molar-refractivity contribution in [2.75, 3.05) is 12.3 Å². The molecule has 0 saturated heterocycles. The van der Waals surface area contributed by atoms with Gasteiger partial charge in [0.15, 0.2) is 5.60 Å². The van der Waals surface area contributed by atoms with E-state index in [-0.39, 0.29) is 41.6 Å². The van der Waals surface area contributed by atoms with Crippen molar-refractivity contribution in [2.24, 2.45) is 16.7 Å². The average Bonchev–Trinajstić information content (AvgIpc) is 3.19. The Morgan fingerprint density at radius 2 is 1.54 bits per heavy atom. The molecule has 9 heteroatoms. The number of amides is 1. The van der Waals surface area contributed by atoms with Crippen LogP contribution in [-0.2, 0) is 24.3 Å². The zero-order chi connectivity index (χ0) is 27.1. The van der Waals surface area contributed by atoms with Crippen LogP contribution in [0.5, 0.6) is 0 Å². The predicted octanol–water partition coefficient (Wildman–Crippen LogP) is 3.91. The number of hydrogen-bond donors (Lipinski definition) is 2. The van der Waals surface area contributed by atoms with E-state index in [4.69, 9.17) is 4.74 Å². The monoisotopic (exact) mass is 540 g/mol. The SMILES string of the molecule is CC(=O)NC[C@@](C)(O)C(=O)O[C@@H]1C[C@H]2CC[C@]1(CS(=O)(=O)N(C1CCCCC1)C1CCCCC1)C2(C)C. The van der Waals surface area contributed by atoms with Crippen molar-refractivity contribution in [3.63, 3.8) is 0 Å². The largest absolute Gasteiger partial charge is 0.460 e. The number of fused-ring (bicyclic) bond motifs is 2. The molecule has 4 aliphatic rings. The molecular weight excluding hydrogens is 492 g/mol. The van der Waals surface area contributed by atoms with Gasteiger partial charge in [-0.1, -0.05) is 52.4 Å². The van der Waals surface area contributed by atoms with Gasteiger partial charge in [0, 0.05) is 24.4 Å². The summed E-state index contributed by atoms with van der Waals surface area (Å²) in [7, 11) is -3.62. The molecule has 0 spiro atoms. The molecule has 37 heavy (non-hydrogen) atoms. The molecule has 0 radical (unpaired) electrons. The molecule has 0 unspecified atom stereocenters. The Kier molecular flexibility index (Phi) is 8.38. The number of nitrogens with one attached hydrogen (secondary N) is 1. The van der Waals surface area contributed by atoms with Crippen LogP contribution in [-0.4, -0.2) is 65.8 Å². The summed E-state index contributed by atoms with van der Waals surface area (Å²) in [6.45, 7) is 6.68. The molecule has 1 amide bonds. The summed E-state index contributed by atoms with van der Waals surface area (Å²) in [6.07, 6.45) is 12.0. The van der Waals surface area contributed by atoms with Crippen LogP contribution in [0.1, 0.15) is 111 Å². The van der Waals surface area contributed by atoms with Gasteiger partial charge in [-0.15, -0.1) is 0 Å². The summed E-state index contributed by atoms with van der Waals surface area (Å²) in [5.74, 6) is -0.897. The van der Waals surface area contributed by atoms with Crippen molar-refractivity contribution in [3.8, 4) is 0 Å². The number of nitrogens with zero attached hydrogens (tertiary/aromatic N) is 1. The maximum absolute atomic E-state index is 14.4. The van der Waals surface area contributed by atoms with Crippen LogP contribution in [0.3, 0.4) is 0 Å². The summed E-state index contributed by atoms with van der Waals surface area (Å²) in [5, 5.41) is 13.2. The van der Waals surface area contributed by atoms with E-state index in [1.807, 2.05) is 4.31 Å². The zero-order valence-corrected chi connectivity index (χ0v) is 24.1. The highest BCUT2D eigenvalue weighted by molar-refractivity contribution is 7.89. The second kappa shape index (κ2) is 10.8. The van der Waals surface area contributed by atoms with Gasteiger partial charge in [0.1, 0.15) is 6.10 Å². The molecule has 0 aromatic heterocycles. The van der Waals surface area contributed by atoms with Crippen molar-refractivity contribution < 1.29 is 27.9 Å². The van der Waals surface area contributed by atoms with Gasteiger partial charge < -0.3 is 15.2 Å². The van der Waals surface area contributed by atoms with Gasteiger partial charge in [-0.2, -0.15) is 4.31 Å². The summed E-state index contributed by atoms with van der Waals surface area (Å²) in [5.41, 5.74) is -2.88. The van der Waals surface area contributed by atoms with Crippen molar-refractivity contribution in [3.05, 3.63) is 0 Å². The Hall–Kier alpha value is -1.19. The van der Waals surface area contributed by atoms with Gasteiger partial charge in [0.05, 0.1) is 12.3 Å². The lowest BCUT2D eigenvalue weighted by molar-refractivity contribution is -0.176. The maximum atomic E-state index is 14.4. The van der Waals surface area contributed by atoms with E-state index < -0.39 is 33.1 Å². The van der Waals surface area contributed by atoms with Crippen LogP contribution in [0.15, 0.2) is 0 Å². The summed E-state index contributed by atoms with van der Waals surface area (Å²) >= 11 is 0. The van der Waals surface area contributed by atoms with Gasteiger partial charge in [0.25, 0.3) is 0 Å². The fourth-order valence-corrected chi connectivity index (χ4v) is 10.8. The Bertz CT molecular complexity index is 934. The van der Waals surface area contributed by atoms with E-state index >= 15 is 0 Å². The van der Waals surface area contributed by atoms with Crippen LogP contribution in [0.4, 0.5) is 0 Å². The lowest BCUT2D eigenvalue weighted by atomic mass is 9.69. The van der Waals surface area contributed by atoms with Crippen molar-refractivity contribution in [1.29, 1.82) is 0 Å². The van der Waals surface area contributed by atoms with Gasteiger partial charge in [-0.05, 0) is 63.2 Å². The smallest absolute Gasteiger partial charge is 0.339 e. The molecule has 2 N–H and O–H groups in total. The Morgan fingerprint density at radius 1 is 1.00 bits per heavy atom. The fourth-order valence-electron chi connectivity index (χ4n) is 7.95. The van der Waals surface area contributed by atoms with Crippen LogP contribution in [0, 0.1) is 16.7 Å². The van der Waals surface area contributed by atoms with Crippen LogP contribution in [0.25, 0.3) is 0 Å². The minimum atomic E-state index is -3.62. The average molecular weight is 541 g/mol. The van der Waals surface area contributed by atoms with E-state index in [1.165, 1.54) is 26.7 Å². The fraction of sp³-hybridized carbons (Fsp3) is 0.929. The summed E-state index contributed by atoms with van der Waals surface area (Å²) < 4.78 is 36.8. The maximum Gasteiger partial charge on any atom is 0.339 e. The first-order valence-corrected chi connectivity index (χ1v) is 16.1. The first-order chi connectivity index (χ1) is 17.3. The van der Waals surface area contributed by atoms with Crippen LogP contribution < -0.4 is 5.32 Å². The van der Waals surface area contributed by atoms with Gasteiger partial charge in [-0.25, -0.2) is 13.2 Å². The second-order valence-corrected chi connectivity index (χ2v) is 15.0. The predicted molar refractivity (Wildman–Crippen MR) is 142 cm³/mol. The van der Waals surface area contributed by atoms with Gasteiger partial charge >= 0.3 is 5.97 Å². The molecule has 4 rings (SSSR count). The van der Waals surface area contributed by atoms with Crippen molar-refractivity contribution in [2.45, 2.75) is 135 Å². The first-order valence-electron chi connectivity index (χ1n) is 14.5.